The smallest absolute Gasteiger partial charge is 0.192 e. The lowest BCUT2D eigenvalue weighted by molar-refractivity contribution is -0.370. The molecule has 10 heteroatoms. The first-order valence-corrected chi connectivity index (χ1v) is 16.0. The number of ether oxygens (including phenoxy) is 8. The maximum Gasteiger partial charge on any atom is 0.192 e. The van der Waals surface area contributed by atoms with Crippen LogP contribution >= 0.6 is 0 Å². The van der Waals surface area contributed by atoms with Crippen molar-refractivity contribution in [3.8, 4) is 0 Å². The minimum Gasteiger partial charge on any atom is -0.409 e. The lowest BCUT2D eigenvalue weighted by Gasteiger charge is -2.48. The molecule has 37 heavy (non-hydrogen) atoms. The van der Waals surface area contributed by atoms with Crippen molar-refractivity contribution in [3.05, 3.63) is 35.9 Å². The molecule has 3 heterocycles. The molecule has 0 N–H and O–H groups in total. The van der Waals surface area contributed by atoms with E-state index in [1.54, 1.807) is 14.2 Å². The third kappa shape index (κ3) is 6.63. The lowest BCUT2D eigenvalue weighted by atomic mass is 9.97. The van der Waals surface area contributed by atoms with Gasteiger partial charge >= 0.3 is 0 Å². The minimum absolute atomic E-state index is 0.0639. The highest BCUT2D eigenvalue weighted by Crippen LogP contribution is 2.39. The summed E-state index contributed by atoms with van der Waals surface area (Å²) < 4.78 is 55.2. The summed E-state index contributed by atoms with van der Waals surface area (Å²) in [5.74, 6) is 0. The highest BCUT2D eigenvalue weighted by molar-refractivity contribution is 6.74. The fourth-order valence-electron chi connectivity index (χ4n) is 4.69. The highest BCUT2D eigenvalue weighted by atomic mass is 28.4. The summed E-state index contributed by atoms with van der Waals surface area (Å²) >= 11 is 0. The standard InChI is InChI=1S/C27H44O9Si/c1-17-30-15-20(36-37(7,8)27(2,3)4)19(33-17)14-32-26-24(29-6)23(28-5)22-21(34-26)16-31-25(35-22)18-12-10-9-11-13-18/h9-13,17,19-26H,14-16H2,1-8H3/t17?,19-,20-,21?,22+,23+,24?,25?,26-/m1/s1. The van der Waals surface area contributed by atoms with E-state index in [0.29, 0.717) is 13.2 Å². The van der Waals surface area contributed by atoms with E-state index in [2.05, 4.69) is 33.9 Å². The SMILES string of the molecule is COC1[C@H](OC[C@H]2OC(C)OC[C@H]2O[Si](C)(C)C(C)(C)C)OC2COC(c3ccccc3)O[C@@H]2[C@@H]1OC. The molecule has 3 aliphatic rings. The van der Waals surface area contributed by atoms with Gasteiger partial charge in [-0.3, -0.25) is 0 Å². The fraction of sp³-hybridized carbons (Fsp3) is 0.778. The first kappa shape index (κ1) is 29.1. The number of rotatable bonds is 8. The molecule has 0 amide bonds. The van der Waals surface area contributed by atoms with E-state index in [1.807, 2.05) is 37.3 Å². The van der Waals surface area contributed by atoms with E-state index in [-0.39, 0.29) is 42.4 Å². The monoisotopic (exact) mass is 540 g/mol. The van der Waals surface area contributed by atoms with Gasteiger partial charge in [0, 0.05) is 19.8 Å². The van der Waals surface area contributed by atoms with Crippen LogP contribution in [-0.2, 0) is 42.3 Å². The van der Waals surface area contributed by atoms with Crippen LogP contribution in [0.5, 0.6) is 0 Å². The molecule has 9 atom stereocenters. The zero-order valence-corrected chi connectivity index (χ0v) is 24.4. The van der Waals surface area contributed by atoms with Crippen LogP contribution in [0.4, 0.5) is 0 Å². The largest absolute Gasteiger partial charge is 0.409 e. The first-order chi connectivity index (χ1) is 17.5. The van der Waals surface area contributed by atoms with Gasteiger partial charge in [0.2, 0.25) is 0 Å². The van der Waals surface area contributed by atoms with Gasteiger partial charge in [-0.05, 0) is 25.1 Å². The van der Waals surface area contributed by atoms with Gasteiger partial charge in [0.25, 0.3) is 0 Å². The Morgan fingerprint density at radius 2 is 1.62 bits per heavy atom. The van der Waals surface area contributed by atoms with Gasteiger partial charge in [-0.25, -0.2) is 0 Å². The van der Waals surface area contributed by atoms with Crippen molar-refractivity contribution in [3.63, 3.8) is 0 Å². The molecule has 0 saturated carbocycles. The summed E-state index contributed by atoms with van der Waals surface area (Å²) in [4.78, 5) is 0. The van der Waals surface area contributed by atoms with Gasteiger partial charge in [0.15, 0.2) is 27.2 Å². The van der Waals surface area contributed by atoms with Gasteiger partial charge < -0.3 is 42.3 Å². The zero-order chi connectivity index (χ0) is 26.8. The molecule has 0 spiro atoms. The maximum atomic E-state index is 6.65. The molecule has 9 nitrogen and oxygen atoms in total. The van der Waals surface area contributed by atoms with Crippen molar-refractivity contribution in [1.82, 2.24) is 0 Å². The van der Waals surface area contributed by atoms with Crippen LogP contribution in [0.3, 0.4) is 0 Å². The Morgan fingerprint density at radius 1 is 0.919 bits per heavy atom. The summed E-state index contributed by atoms with van der Waals surface area (Å²) in [6.07, 6.45) is -3.71. The van der Waals surface area contributed by atoms with Crippen LogP contribution < -0.4 is 0 Å². The second-order valence-electron chi connectivity index (χ2n) is 11.4. The molecule has 0 aliphatic carbocycles. The summed E-state index contributed by atoms with van der Waals surface area (Å²) in [6, 6.07) is 9.84. The molecule has 1 aromatic carbocycles. The van der Waals surface area contributed by atoms with Gasteiger partial charge in [-0.1, -0.05) is 51.1 Å². The number of hydrogen-bond donors (Lipinski definition) is 0. The van der Waals surface area contributed by atoms with Crippen LogP contribution in [0.15, 0.2) is 30.3 Å². The highest BCUT2D eigenvalue weighted by Gasteiger charge is 2.51. The normalized spacial score (nSPS) is 37.2. The second kappa shape index (κ2) is 12.1. The zero-order valence-electron chi connectivity index (χ0n) is 23.4. The van der Waals surface area contributed by atoms with Crippen molar-refractivity contribution in [1.29, 1.82) is 0 Å². The van der Waals surface area contributed by atoms with Gasteiger partial charge in [-0.15, -0.1) is 0 Å². The Hall–Kier alpha value is -0.923. The molecule has 0 bridgehead atoms. The summed E-state index contributed by atoms with van der Waals surface area (Å²) in [6.45, 7) is 14.1. The Morgan fingerprint density at radius 3 is 2.27 bits per heavy atom. The third-order valence-corrected chi connectivity index (χ3v) is 12.4. The van der Waals surface area contributed by atoms with Crippen LogP contribution in [0.1, 0.15) is 39.5 Å². The van der Waals surface area contributed by atoms with E-state index in [9.17, 15) is 0 Å². The summed E-state index contributed by atoms with van der Waals surface area (Å²) in [7, 11) is 1.23. The molecule has 3 aliphatic heterocycles. The Balaban J connectivity index is 1.43. The van der Waals surface area contributed by atoms with Crippen molar-refractivity contribution < 1.29 is 42.3 Å². The van der Waals surface area contributed by atoms with Crippen LogP contribution in [0, 0.1) is 0 Å². The number of benzene rings is 1. The summed E-state index contributed by atoms with van der Waals surface area (Å²) in [5, 5.41) is 0.0639. The quantitative estimate of drug-likeness (QED) is 0.454. The third-order valence-electron chi connectivity index (χ3n) is 7.85. The Labute approximate surface area is 222 Å². The average Bonchev–Trinajstić information content (AvgIpc) is 2.87. The van der Waals surface area contributed by atoms with Crippen LogP contribution in [0.25, 0.3) is 0 Å². The van der Waals surface area contributed by atoms with Crippen molar-refractivity contribution in [2.75, 3.05) is 34.0 Å². The molecular weight excluding hydrogens is 496 g/mol. The molecule has 4 rings (SSSR count). The molecule has 4 unspecified atom stereocenters. The van der Waals surface area contributed by atoms with Gasteiger partial charge in [0.1, 0.15) is 30.5 Å². The van der Waals surface area contributed by atoms with E-state index < -0.39 is 33.1 Å². The maximum absolute atomic E-state index is 6.65. The Bertz CT molecular complexity index is 848. The molecule has 3 fully saturated rings. The molecule has 0 radical (unpaired) electrons. The van der Waals surface area contributed by atoms with Gasteiger partial charge in [0.05, 0.1) is 25.9 Å². The number of fused-ring (bicyclic) bond motifs is 1. The topological polar surface area (TPSA) is 83.1 Å². The predicted octanol–water partition coefficient (Wildman–Crippen LogP) is 4.02. The molecular formula is C27H44O9Si. The molecule has 210 valence electrons. The fourth-order valence-corrected chi connectivity index (χ4v) is 6.02. The van der Waals surface area contributed by atoms with E-state index in [0.717, 1.165) is 5.56 Å². The Kier molecular flexibility index (Phi) is 9.49. The van der Waals surface area contributed by atoms with Crippen molar-refractivity contribution >= 4 is 8.32 Å². The number of hydrogen-bond acceptors (Lipinski definition) is 9. The second-order valence-corrected chi connectivity index (χ2v) is 16.2. The van der Waals surface area contributed by atoms with E-state index >= 15 is 0 Å². The van der Waals surface area contributed by atoms with E-state index in [4.69, 9.17) is 42.3 Å². The number of methoxy groups -OCH3 is 2. The van der Waals surface area contributed by atoms with Crippen molar-refractivity contribution in [2.24, 2.45) is 0 Å². The molecule has 0 aromatic heterocycles. The average molecular weight is 541 g/mol. The molecule has 3 saturated heterocycles. The molecule has 1 aromatic rings. The van der Waals surface area contributed by atoms with Crippen LogP contribution in [0.2, 0.25) is 18.1 Å². The predicted molar refractivity (Wildman–Crippen MR) is 139 cm³/mol. The van der Waals surface area contributed by atoms with E-state index in [1.165, 1.54) is 0 Å². The van der Waals surface area contributed by atoms with Crippen molar-refractivity contribution in [2.45, 2.75) is 101 Å². The lowest BCUT2D eigenvalue weighted by Crippen LogP contribution is -2.63. The van der Waals surface area contributed by atoms with Crippen LogP contribution in [-0.4, -0.2) is 91.6 Å². The first-order valence-electron chi connectivity index (χ1n) is 13.1. The minimum atomic E-state index is -2.04. The van der Waals surface area contributed by atoms with Gasteiger partial charge in [-0.2, -0.15) is 0 Å². The summed E-state index contributed by atoms with van der Waals surface area (Å²) in [5.41, 5.74) is 0.946.